The number of likely N-dealkylation sites (tertiary alicyclic amines) is 1. The highest BCUT2D eigenvalue weighted by Crippen LogP contribution is 2.39. The van der Waals surface area contributed by atoms with Crippen LogP contribution in [0.1, 0.15) is 60.8 Å². The minimum atomic E-state index is -1.99. The lowest BCUT2D eigenvalue weighted by Crippen LogP contribution is -2.45. The molecule has 0 radical (unpaired) electrons. The van der Waals surface area contributed by atoms with Crippen molar-refractivity contribution in [1.82, 2.24) is 10.2 Å². The minimum Gasteiger partial charge on any atom is -0.444 e. The molecular weight excluding hydrogens is 376 g/mol. The topological polar surface area (TPSA) is 84.9 Å². The first-order chi connectivity index (χ1) is 12.6. The Morgan fingerprint density at radius 2 is 1.79 bits per heavy atom. The minimum absolute atomic E-state index is 0.0690. The molecule has 1 N–H and O–H groups in total. The smallest absolute Gasteiger partial charge is 0.410 e. The molecule has 8 heteroatoms. The summed E-state index contributed by atoms with van der Waals surface area (Å²) in [6, 6.07) is -0.175. The van der Waals surface area contributed by atoms with Crippen LogP contribution in [0.15, 0.2) is 0 Å². The fourth-order valence-electron chi connectivity index (χ4n) is 3.45. The quantitative estimate of drug-likeness (QED) is 0.565. The van der Waals surface area contributed by atoms with Gasteiger partial charge in [-0.05, 0) is 51.7 Å². The Morgan fingerprint density at radius 3 is 2.25 bits per heavy atom. The second-order valence-corrected chi connectivity index (χ2v) is 15.3. The maximum Gasteiger partial charge on any atom is 0.410 e. The van der Waals surface area contributed by atoms with Crippen molar-refractivity contribution < 1.29 is 23.5 Å². The van der Waals surface area contributed by atoms with E-state index in [9.17, 15) is 14.4 Å². The van der Waals surface area contributed by atoms with E-state index < -0.39 is 19.8 Å². The highest BCUT2D eigenvalue weighted by molar-refractivity contribution is 6.74. The zero-order chi connectivity index (χ0) is 21.5. The number of nitrogens with zero attached hydrogens (tertiary/aromatic N) is 1. The van der Waals surface area contributed by atoms with Crippen LogP contribution < -0.4 is 5.32 Å². The van der Waals surface area contributed by atoms with Crippen LogP contribution in [0.3, 0.4) is 0 Å². The van der Waals surface area contributed by atoms with E-state index in [-0.39, 0.29) is 41.5 Å². The Labute approximate surface area is 169 Å². The van der Waals surface area contributed by atoms with Crippen LogP contribution in [0.5, 0.6) is 0 Å². The second-order valence-electron chi connectivity index (χ2n) is 10.6. The third-order valence-corrected chi connectivity index (χ3v) is 10.4. The number of imide groups is 1. The normalized spacial score (nSPS) is 26.6. The van der Waals surface area contributed by atoms with Crippen molar-refractivity contribution in [1.29, 1.82) is 0 Å². The molecule has 1 unspecified atom stereocenters. The summed E-state index contributed by atoms with van der Waals surface area (Å²) in [6.07, 6.45) is 0.825. The summed E-state index contributed by atoms with van der Waals surface area (Å²) < 4.78 is 12.1. The lowest BCUT2D eigenvalue weighted by Gasteiger charge is -2.38. The molecule has 2 fully saturated rings. The van der Waals surface area contributed by atoms with Crippen molar-refractivity contribution in [3.8, 4) is 0 Å². The molecule has 2 saturated heterocycles. The lowest BCUT2D eigenvalue weighted by atomic mass is 9.96. The molecule has 0 aromatic carbocycles. The molecule has 160 valence electrons. The molecule has 0 aromatic heterocycles. The van der Waals surface area contributed by atoms with E-state index in [1.807, 2.05) is 20.8 Å². The van der Waals surface area contributed by atoms with E-state index in [2.05, 4.69) is 39.2 Å². The molecule has 28 heavy (non-hydrogen) atoms. The van der Waals surface area contributed by atoms with Gasteiger partial charge in [0.2, 0.25) is 11.8 Å². The van der Waals surface area contributed by atoms with Crippen molar-refractivity contribution in [2.45, 2.75) is 96.7 Å². The zero-order valence-corrected chi connectivity index (χ0v) is 19.5. The molecule has 0 aliphatic carbocycles. The molecule has 2 heterocycles. The maximum absolute atomic E-state index is 12.8. The molecule has 3 atom stereocenters. The summed E-state index contributed by atoms with van der Waals surface area (Å²) in [5.41, 5.74) is -0.597. The molecule has 2 rings (SSSR count). The number of hydrogen-bond acceptors (Lipinski definition) is 5. The first-order valence-corrected chi connectivity index (χ1v) is 13.0. The summed E-state index contributed by atoms with van der Waals surface area (Å²) >= 11 is 0. The van der Waals surface area contributed by atoms with Crippen molar-refractivity contribution >= 4 is 26.2 Å². The van der Waals surface area contributed by atoms with Crippen LogP contribution in [0.4, 0.5) is 4.79 Å². The second kappa shape index (κ2) is 7.78. The average Bonchev–Trinajstić information content (AvgIpc) is 2.99. The van der Waals surface area contributed by atoms with E-state index in [4.69, 9.17) is 9.16 Å². The Bertz CT molecular complexity index is 635. The van der Waals surface area contributed by atoms with E-state index in [1.165, 1.54) is 0 Å². The summed E-state index contributed by atoms with van der Waals surface area (Å²) in [5, 5.41) is 2.42. The summed E-state index contributed by atoms with van der Waals surface area (Å²) in [7, 11) is -1.99. The van der Waals surface area contributed by atoms with Crippen LogP contribution in [0.25, 0.3) is 0 Å². The first-order valence-electron chi connectivity index (χ1n) is 10.1. The maximum atomic E-state index is 12.8. The van der Waals surface area contributed by atoms with Crippen molar-refractivity contribution in [3.63, 3.8) is 0 Å². The summed E-state index contributed by atoms with van der Waals surface area (Å²) in [6.45, 7) is 16.9. The SMILES string of the molecule is CC(C)(C)OC(=O)N1C[C@H](O[Si](C)(C)C(C)(C)C)C[C@H]1CC1CC(=O)NC1=O. The fourth-order valence-corrected chi connectivity index (χ4v) is 4.80. The molecule has 2 aliphatic heterocycles. The van der Waals surface area contributed by atoms with Crippen molar-refractivity contribution in [2.75, 3.05) is 6.54 Å². The van der Waals surface area contributed by atoms with Gasteiger partial charge in [-0.3, -0.25) is 14.9 Å². The van der Waals surface area contributed by atoms with Gasteiger partial charge in [-0.2, -0.15) is 0 Å². The fraction of sp³-hybridized carbons (Fsp3) is 0.850. The number of nitrogens with one attached hydrogen (secondary N) is 1. The van der Waals surface area contributed by atoms with E-state index in [1.54, 1.807) is 4.90 Å². The summed E-state index contributed by atoms with van der Waals surface area (Å²) in [5.74, 6) is -0.886. The van der Waals surface area contributed by atoms with E-state index in [0.29, 0.717) is 19.4 Å². The van der Waals surface area contributed by atoms with Gasteiger partial charge in [0.1, 0.15) is 5.60 Å². The van der Waals surface area contributed by atoms with Gasteiger partial charge in [-0.25, -0.2) is 4.79 Å². The first kappa shape index (κ1) is 22.9. The molecule has 0 spiro atoms. The molecule has 0 saturated carbocycles. The van der Waals surface area contributed by atoms with Crippen molar-refractivity contribution in [2.24, 2.45) is 5.92 Å². The van der Waals surface area contributed by atoms with Crippen LogP contribution in [-0.4, -0.2) is 55.4 Å². The highest BCUT2D eigenvalue weighted by atomic mass is 28.4. The number of hydrogen-bond donors (Lipinski definition) is 1. The van der Waals surface area contributed by atoms with Gasteiger partial charge in [0.25, 0.3) is 0 Å². The molecule has 0 bridgehead atoms. The third-order valence-electron chi connectivity index (χ3n) is 5.89. The van der Waals surface area contributed by atoms with Gasteiger partial charge in [0.05, 0.1) is 6.10 Å². The average molecular weight is 413 g/mol. The van der Waals surface area contributed by atoms with Gasteiger partial charge in [-0.15, -0.1) is 0 Å². The highest BCUT2D eigenvalue weighted by Gasteiger charge is 2.46. The largest absolute Gasteiger partial charge is 0.444 e. The number of carbonyl (C=O) groups is 3. The Kier molecular flexibility index (Phi) is 6.36. The Morgan fingerprint density at radius 1 is 1.18 bits per heavy atom. The van der Waals surface area contributed by atoms with Gasteiger partial charge in [0.15, 0.2) is 8.32 Å². The van der Waals surface area contributed by atoms with Gasteiger partial charge >= 0.3 is 6.09 Å². The lowest BCUT2D eigenvalue weighted by molar-refractivity contribution is -0.126. The standard InChI is InChI=1S/C20H36N2O5Si/c1-19(2,3)26-18(25)22-12-15(27-28(7,8)20(4,5)6)11-14(22)9-13-10-16(23)21-17(13)24/h13-15H,9-12H2,1-8H3,(H,21,23,24)/t13?,14-,15-/m1/s1. The molecule has 2 aliphatic rings. The van der Waals surface area contributed by atoms with E-state index in [0.717, 1.165) is 0 Å². The third kappa shape index (κ3) is 5.56. The summed E-state index contributed by atoms with van der Waals surface area (Å²) in [4.78, 5) is 38.1. The predicted molar refractivity (Wildman–Crippen MR) is 109 cm³/mol. The number of rotatable bonds is 4. The molecule has 7 nitrogen and oxygen atoms in total. The monoisotopic (exact) mass is 412 g/mol. The molecular formula is C20H36N2O5Si. The van der Waals surface area contributed by atoms with Gasteiger partial charge in [-0.1, -0.05) is 20.8 Å². The van der Waals surface area contributed by atoms with Crippen molar-refractivity contribution in [3.05, 3.63) is 0 Å². The van der Waals surface area contributed by atoms with Crippen LogP contribution >= 0.6 is 0 Å². The van der Waals surface area contributed by atoms with Crippen LogP contribution in [-0.2, 0) is 18.8 Å². The Balaban J connectivity index is 2.15. The number of amides is 3. The zero-order valence-electron chi connectivity index (χ0n) is 18.5. The predicted octanol–water partition coefficient (Wildman–Crippen LogP) is 3.44. The Hall–Kier alpha value is -1.41. The molecule has 3 amide bonds. The number of carbonyl (C=O) groups excluding carboxylic acids is 3. The van der Waals surface area contributed by atoms with Crippen LogP contribution in [0, 0.1) is 5.92 Å². The molecule has 0 aromatic rings. The van der Waals surface area contributed by atoms with Crippen LogP contribution in [0.2, 0.25) is 18.1 Å². The van der Waals surface area contributed by atoms with E-state index >= 15 is 0 Å². The number of ether oxygens (including phenoxy) is 1. The van der Waals surface area contributed by atoms with Gasteiger partial charge < -0.3 is 14.1 Å². The van der Waals surface area contributed by atoms with Gasteiger partial charge in [0, 0.05) is 24.9 Å².